The smallest absolute Gasteiger partial charge is 0.410 e. The number of amides is 2. The Morgan fingerprint density at radius 3 is 2.33 bits per heavy atom. The molecular weight excluding hydrogens is 460 g/mol. The van der Waals surface area contributed by atoms with Crippen molar-refractivity contribution in [3.05, 3.63) is 53.4 Å². The van der Waals surface area contributed by atoms with E-state index in [2.05, 4.69) is 15.5 Å². The summed E-state index contributed by atoms with van der Waals surface area (Å²) < 4.78 is 13.0. The maximum Gasteiger partial charge on any atom is 0.410 e. The van der Waals surface area contributed by atoms with Crippen molar-refractivity contribution in [3.8, 4) is 11.4 Å². The van der Waals surface area contributed by atoms with E-state index in [0.717, 1.165) is 5.56 Å². The van der Waals surface area contributed by atoms with Crippen molar-refractivity contribution < 1.29 is 18.8 Å². The number of hydrogen-bond acceptors (Lipinski definition) is 7. The van der Waals surface area contributed by atoms with Gasteiger partial charge in [0.1, 0.15) is 17.5 Å². The molecule has 1 aliphatic rings. The third-order valence-corrected chi connectivity index (χ3v) is 5.84. The number of aryl methyl sites for hydroxylation is 1. The first-order valence-corrected chi connectivity index (χ1v) is 12.1. The molecule has 36 heavy (non-hydrogen) atoms. The largest absolute Gasteiger partial charge is 0.444 e. The lowest BCUT2D eigenvalue weighted by atomic mass is 9.86. The van der Waals surface area contributed by atoms with Crippen molar-refractivity contribution in [1.29, 1.82) is 0 Å². The van der Waals surface area contributed by atoms with Gasteiger partial charge in [-0.3, -0.25) is 4.79 Å². The number of imidazole rings is 1. The summed E-state index contributed by atoms with van der Waals surface area (Å²) in [7, 11) is 0. The van der Waals surface area contributed by atoms with Gasteiger partial charge in [0.05, 0.1) is 12.2 Å². The summed E-state index contributed by atoms with van der Waals surface area (Å²) in [4.78, 5) is 37.2. The van der Waals surface area contributed by atoms with Gasteiger partial charge in [-0.1, -0.05) is 56.3 Å². The molecule has 1 aliphatic heterocycles. The lowest BCUT2D eigenvalue weighted by molar-refractivity contribution is 0.0198. The molecule has 0 saturated carbocycles. The highest BCUT2D eigenvalue weighted by Crippen LogP contribution is 2.33. The number of ether oxygens (including phenoxy) is 1. The molecule has 0 saturated heterocycles. The molecule has 3 aromatic rings. The number of rotatable bonds is 4. The monoisotopic (exact) mass is 494 g/mol. The number of fused-ring (bicyclic) bond motifs is 1. The van der Waals surface area contributed by atoms with E-state index in [1.165, 1.54) is 0 Å². The Hall–Kier alpha value is -3.69. The van der Waals surface area contributed by atoms with Crippen LogP contribution >= 0.6 is 0 Å². The van der Waals surface area contributed by atoms with Crippen LogP contribution in [0.5, 0.6) is 0 Å². The Balaban J connectivity index is 1.71. The zero-order valence-corrected chi connectivity index (χ0v) is 22.0. The molecule has 3 heterocycles. The van der Waals surface area contributed by atoms with Gasteiger partial charge in [0.2, 0.25) is 5.89 Å². The molecule has 192 valence electrons. The Labute approximate surface area is 211 Å². The van der Waals surface area contributed by atoms with Gasteiger partial charge in [-0.15, -0.1) is 0 Å². The number of nitrogens with one attached hydrogen (secondary N) is 1. The number of carbonyl (C=O) groups excluding carboxylic acids is 2. The fraction of sp³-hybridized carbons (Fsp3) is 0.500. The van der Waals surface area contributed by atoms with Crippen LogP contribution in [0.25, 0.3) is 11.4 Å². The van der Waals surface area contributed by atoms with E-state index in [0.29, 0.717) is 36.3 Å². The molecule has 4 rings (SSSR count). The third-order valence-electron chi connectivity index (χ3n) is 5.84. The van der Waals surface area contributed by atoms with Gasteiger partial charge < -0.3 is 24.0 Å². The van der Waals surface area contributed by atoms with Crippen molar-refractivity contribution in [2.45, 2.75) is 73.2 Å². The van der Waals surface area contributed by atoms with Crippen LogP contribution in [0, 0.1) is 12.3 Å². The lowest BCUT2D eigenvalue weighted by Gasteiger charge is -2.32. The van der Waals surface area contributed by atoms with Crippen LogP contribution in [-0.4, -0.2) is 48.7 Å². The summed E-state index contributed by atoms with van der Waals surface area (Å²) in [6, 6.07) is 9.17. The van der Waals surface area contributed by atoms with Crippen molar-refractivity contribution in [3.63, 3.8) is 0 Å². The van der Waals surface area contributed by atoms with Gasteiger partial charge in [0.15, 0.2) is 11.5 Å². The summed E-state index contributed by atoms with van der Waals surface area (Å²) in [6.07, 6.45) is -0.420. The van der Waals surface area contributed by atoms with E-state index in [1.54, 1.807) is 11.8 Å². The van der Waals surface area contributed by atoms with Crippen molar-refractivity contribution >= 4 is 12.0 Å². The van der Waals surface area contributed by atoms with Gasteiger partial charge in [-0.2, -0.15) is 4.98 Å². The average Bonchev–Trinajstić information content (AvgIpc) is 3.39. The van der Waals surface area contributed by atoms with E-state index in [-0.39, 0.29) is 18.1 Å². The number of hydrogen-bond donors (Lipinski definition) is 1. The van der Waals surface area contributed by atoms with E-state index in [4.69, 9.17) is 14.2 Å². The highest BCUT2D eigenvalue weighted by atomic mass is 16.6. The molecule has 1 unspecified atom stereocenters. The van der Waals surface area contributed by atoms with Gasteiger partial charge >= 0.3 is 6.09 Å². The molecule has 1 atom stereocenters. The minimum Gasteiger partial charge on any atom is -0.444 e. The first-order valence-electron chi connectivity index (χ1n) is 12.1. The molecule has 1 N–H and O–H groups in total. The minimum atomic E-state index is -0.619. The van der Waals surface area contributed by atoms with Crippen LogP contribution in [-0.2, 0) is 17.8 Å². The summed E-state index contributed by atoms with van der Waals surface area (Å²) in [5.41, 5.74) is 0.778. The predicted octanol–water partition coefficient (Wildman–Crippen LogP) is 4.51. The topological polar surface area (TPSA) is 115 Å². The number of carbonyl (C=O) groups is 2. The Kier molecular flexibility index (Phi) is 6.64. The number of nitrogens with zero attached hydrogens (tertiary/aromatic N) is 5. The normalized spacial score (nSPS) is 14.8. The van der Waals surface area contributed by atoms with Crippen LogP contribution in [0.15, 0.2) is 34.9 Å². The van der Waals surface area contributed by atoms with Gasteiger partial charge in [0, 0.05) is 18.7 Å². The summed E-state index contributed by atoms with van der Waals surface area (Å²) >= 11 is 0. The quantitative estimate of drug-likeness (QED) is 0.567. The lowest BCUT2D eigenvalue weighted by Crippen LogP contribution is -2.42. The second-order valence-electron chi connectivity index (χ2n) is 11.1. The Morgan fingerprint density at radius 1 is 1.06 bits per heavy atom. The second kappa shape index (κ2) is 9.40. The first kappa shape index (κ1) is 25.4. The molecule has 2 aromatic heterocycles. The fourth-order valence-electron chi connectivity index (χ4n) is 4.12. The Morgan fingerprint density at radius 2 is 1.75 bits per heavy atom. The van der Waals surface area contributed by atoms with E-state index in [9.17, 15) is 9.59 Å². The van der Waals surface area contributed by atoms with Gasteiger partial charge in [-0.25, -0.2) is 9.78 Å². The summed E-state index contributed by atoms with van der Waals surface area (Å²) in [5.74, 6) is 1.13. The first-order chi connectivity index (χ1) is 16.8. The number of aromatic nitrogens is 4. The zero-order chi connectivity index (χ0) is 26.3. The maximum absolute atomic E-state index is 13.7. The summed E-state index contributed by atoms with van der Waals surface area (Å²) in [6.45, 7) is 14.3. The van der Waals surface area contributed by atoms with Crippen molar-refractivity contribution in [1.82, 2.24) is 29.9 Å². The SMILES string of the molecule is Cc1noc(C(NC(=O)c2nc(-c3ccccc3)n3c2CN(C(=O)OC(C)(C)C)CC3)C(C)(C)C)n1. The van der Waals surface area contributed by atoms with Gasteiger partial charge in [0.25, 0.3) is 5.91 Å². The van der Waals surface area contributed by atoms with Crippen LogP contribution < -0.4 is 5.32 Å². The molecule has 0 fully saturated rings. The van der Waals surface area contributed by atoms with E-state index in [1.807, 2.05) is 76.4 Å². The maximum atomic E-state index is 13.7. The molecule has 10 nitrogen and oxygen atoms in total. The second-order valence-corrected chi connectivity index (χ2v) is 11.1. The molecule has 0 aliphatic carbocycles. The average molecular weight is 495 g/mol. The van der Waals surface area contributed by atoms with Gasteiger partial charge in [-0.05, 0) is 33.1 Å². The molecule has 0 bridgehead atoms. The minimum absolute atomic E-state index is 0.206. The zero-order valence-electron chi connectivity index (χ0n) is 22.0. The Bertz CT molecular complexity index is 1250. The number of benzene rings is 1. The predicted molar refractivity (Wildman–Crippen MR) is 133 cm³/mol. The van der Waals surface area contributed by atoms with Crippen LogP contribution in [0.1, 0.15) is 75.5 Å². The van der Waals surface area contributed by atoms with E-state index < -0.39 is 23.2 Å². The molecule has 2 amide bonds. The highest BCUT2D eigenvalue weighted by Gasteiger charge is 2.36. The molecule has 0 spiro atoms. The molecule has 0 radical (unpaired) electrons. The third kappa shape index (κ3) is 5.42. The molecule has 1 aromatic carbocycles. The fourth-order valence-corrected chi connectivity index (χ4v) is 4.12. The van der Waals surface area contributed by atoms with Crippen molar-refractivity contribution in [2.24, 2.45) is 5.41 Å². The molecular formula is C26H34N6O4. The van der Waals surface area contributed by atoms with Crippen molar-refractivity contribution in [2.75, 3.05) is 6.54 Å². The molecule has 10 heteroatoms. The van der Waals surface area contributed by atoms with E-state index >= 15 is 0 Å². The van der Waals surface area contributed by atoms with Crippen LogP contribution in [0.3, 0.4) is 0 Å². The highest BCUT2D eigenvalue weighted by molar-refractivity contribution is 5.94. The van der Waals surface area contributed by atoms with Crippen LogP contribution in [0.4, 0.5) is 4.79 Å². The van der Waals surface area contributed by atoms with Crippen LogP contribution in [0.2, 0.25) is 0 Å². The standard InChI is InChI=1S/C26H34N6O4/c1-16-27-23(36-30-16)20(25(2,3)4)29-22(33)19-18-15-31(24(34)35-26(5,6)7)13-14-32(18)21(28-19)17-11-9-8-10-12-17/h8-12,20H,13-15H2,1-7H3,(H,29,33). The summed E-state index contributed by atoms with van der Waals surface area (Å²) in [5, 5.41) is 6.94.